The summed E-state index contributed by atoms with van der Waals surface area (Å²) in [6, 6.07) is 5.18. The number of hydrogen-bond acceptors (Lipinski definition) is 5. The van der Waals surface area contributed by atoms with Crippen molar-refractivity contribution in [3.63, 3.8) is 0 Å². The molecule has 0 saturated heterocycles. The first-order chi connectivity index (χ1) is 12.7. The lowest BCUT2D eigenvalue weighted by molar-refractivity contribution is -0.124. The third-order valence-electron chi connectivity index (χ3n) is 4.21. The van der Waals surface area contributed by atoms with Gasteiger partial charge in [-0.15, -0.1) is 0 Å². The first-order valence-corrected chi connectivity index (χ1v) is 9.38. The molecule has 0 bridgehead atoms. The van der Waals surface area contributed by atoms with Gasteiger partial charge in [0.1, 0.15) is 18.2 Å². The summed E-state index contributed by atoms with van der Waals surface area (Å²) in [5.41, 5.74) is 0.888. The second-order valence-electron chi connectivity index (χ2n) is 7.51. The monoisotopic (exact) mass is 378 g/mol. The summed E-state index contributed by atoms with van der Waals surface area (Å²) >= 11 is 0. The van der Waals surface area contributed by atoms with E-state index in [2.05, 4.69) is 10.6 Å². The van der Waals surface area contributed by atoms with E-state index in [1.165, 1.54) is 0 Å². The van der Waals surface area contributed by atoms with Crippen LogP contribution in [0.5, 0.6) is 11.5 Å². The molecule has 1 aromatic carbocycles. The summed E-state index contributed by atoms with van der Waals surface area (Å²) in [7, 11) is 0. The van der Waals surface area contributed by atoms with Crippen LogP contribution in [0, 0.1) is 5.92 Å². The number of nitrogens with one attached hydrogen (secondary N) is 2. The molecule has 7 heteroatoms. The molecule has 1 unspecified atom stereocenters. The molecule has 1 heterocycles. The van der Waals surface area contributed by atoms with Crippen LogP contribution >= 0.6 is 0 Å². The normalized spacial score (nSPS) is 15.5. The molecule has 2 amide bonds. The zero-order valence-corrected chi connectivity index (χ0v) is 16.8. The van der Waals surface area contributed by atoms with Crippen molar-refractivity contribution in [3.8, 4) is 11.5 Å². The topological polar surface area (TPSA) is 85.9 Å². The molecule has 0 radical (unpaired) electrons. The lowest BCUT2D eigenvalue weighted by Crippen LogP contribution is -2.50. The first-order valence-electron chi connectivity index (χ1n) is 9.38. The molecule has 7 nitrogen and oxygen atoms in total. The van der Waals surface area contributed by atoms with Crippen molar-refractivity contribution >= 4 is 12.0 Å². The van der Waals surface area contributed by atoms with E-state index in [1.807, 2.05) is 45.9 Å². The Morgan fingerprint density at radius 3 is 2.70 bits per heavy atom. The van der Waals surface area contributed by atoms with Crippen LogP contribution in [0.2, 0.25) is 0 Å². The maximum atomic E-state index is 12.3. The van der Waals surface area contributed by atoms with Gasteiger partial charge in [-0.1, -0.05) is 26.0 Å². The van der Waals surface area contributed by atoms with E-state index in [-0.39, 0.29) is 24.0 Å². The van der Waals surface area contributed by atoms with Crippen molar-refractivity contribution in [2.24, 2.45) is 5.92 Å². The quantitative estimate of drug-likeness (QED) is 0.679. The van der Waals surface area contributed by atoms with Crippen LogP contribution in [0.1, 0.15) is 40.2 Å². The summed E-state index contributed by atoms with van der Waals surface area (Å²) < 4.78 is 16.6. The summed E-state index contributed by atoms with van der Waals surface area (Å²) in [5, 5.41) is 5.38. The van der Waals surface area contributed by atoms with Crippen LogP contribution in [0.15, 0.2) is 18.2 Å². The van der Waals surface area contributed by atoms with Gasteiger partial charge in [-0.3, -0.25) is 4.79 Å². The second-order valence-corrected chi connectivity index (χ2v) is 7.51. The van der Waals surface area contributed by atoms with E-state index in [9.17, 15) is 9.59 Å². The SMILES string of the molecule is CCOC(=O)NC(C(=O)NCCOc1cccc2c1OC(C)(C)C2)C(C)C. The molecule has 2 N–H and O–H groups in total. The van der Waals surface area contributed by atoms with Gasteiger partial charge < -0.3 is 24.8 Å². The molecule has 1 aliphatic rings. The average Bonchev–Trinajstić information content (AvgIpc) is 2.91. The van der Waals surface area contributed by atoms with Crippen molar-refractivity contribution < 1.29 is 23.8 Å². The lowest BCUT2D eigenvalue weighted by atomic mass is 10.0. The minimum Gasteiger partial charge on any atom is -0.488 e. The highest BCUT2D eigenvalue weighted by Crippen LogP contribution is 2.41. The van der Waals surface area contributed by atoms with Crippen LogP contribution in [0.25, 0.3) is 0 Å². The van der Waals surface area contributed by atoms with Gasteiger partial charge in [0.2, 0.25) is 5.91 Å². The molecular formula is C20H30N2O5. The van der Waals surface area contributed by atoms with Crippen molar-refractivity contribution in [1.82, 2.24) is 10.6 Å². The molecule has 0 saturated carbocycles. The van der Waals surface area contributed by atoms with Gasteiger partial charge in [-0.25, -0.2) is 4.79 Å². The standard InChI is InChI=1S/C20H30N2O5/c1-6-25-19(24)22-16(13(2)3)18(23)21-10-11-26-15-9-7-8-14-12-20(4,5)27-17(14)15/h7-9,13,16H,6,10-12H2,1-5H3,(H,21,23)(H,22,24). The van der Waals surface area contributed by atoms with E-state index in [0.29, 0.717) is 18.9 Å². The summed E-state index contributed by atoms with van der Waals surface area (Å²) in [4.78, 5) is 23.9. The van der Waals surface area contributed by atoms with Gasteiger partial charge in [0, 0.05) is 12.0 Å². The Morgan fingerprint density at radius 2 is 2.04 bits per heavy atom. The Bertz CT molecular complexity index is 672. The number of amides is 2. The molecule has 0 aromatic heterocycles. The summed E-state index contributed by atoms with van der Waals surface area (Å²) in [5.74, 6) is 1.12. The van der Waals surface area contributed by atoms with Crippen LogP contribution in [-0.4, -0.2) is 43.4 Å². The van der Waals surface area contributed by atoms with Crippen molar-refractivity contribution in [2.75, 3.05) is 19.8 Å². The molecule has 1 atom stereocenters. The fourth-order valence-electron chi connectivity index (χ4n) is 2.98. The fraction of sp³-hybridized carbons (Fsp3) is 0.600. The van der Waals surface area contributed by atoms with Crippen molar-refractivity contribution in [3.05, 3.63) is 23.8 Å². The van der Waals surface area contributed by atoms with E-state index >= 15 is 0 Å². The van der Waals surface area contributed by atoms with Crippen LogP contribution in [0.4, 0.5) is 4.79 Å². The van der Waals surface area contributed by atoms with Gasteiger partial charge in [-0.05, 0) is 32.8 Å². The summed E-state index contributed by atoms with van der Waals surface area (Å²) in [6.07, 6.45) is 0.244. The number of carbonyl (C=O) groups is 2. The van der Waals surface area contributed by atoms with E-state index in [4.69, 9.17) is 14.2 Å². The second kappa shape index (κ2) is 8.97. The van der Waals surface area contributed by atoms with Gasteiger partial charge in [0.05, 0.1) is 13.2 Å². The number of ether oxygens (including phenoxy) is 3. The molecule has 150 valence electrons. The predicted octanol–water partition coefficient (Wildman–Crippen LogP) is 2.67. The first kappa shape index (κ1) is 20.9. The predicted molar refractivity (Wildman–Crippen MR) is 102 cm³/mol. The maximum absolute atomic E-state index is 12.3. The number of rotatable bonds is 8. The molecular weight excluding hydrogens is 348 g/mol. The Kier molecular flexibility index (Phi) is 6.93. The third kappa shape index (κ3) is 5.77. The maximum Gasteiger partial charge on any atom is 0.407 e. The Hall–Kier alpha value is -2.44. The zero-order chi connectivity index (χ0) is 20.0. The smallest absolute Gasteiger partial charge is 0.407 e. The summed E-state index contributed by atoms with van der Waals surface area (Å²) in [6.45, 7) is 10.4. The fourth-order valence-corrected chi connectivity index (χ4v) is 2.98. The highest BCUT2D eigenvalue weighted by Gasteiger charge is 2.32. The number of para-hydroxylation sites is 1. The van der Waals surface area contributed by atoms with Gasteiger partial charge >= 0.3 is 6.09 Å². The molecule has 27 heavy (non-hydrogen) atoms. The van der Waals surface area contributed by atoms with Crippen molar-refractivity contribution in [2.45, 2.75) is 52.7 Å². The number of carbonyl (C=O) groups excluding carboxylic acids is 2. The number of alkyl carbamates (subject to hydrolysis) is 1. The third-order valence-corrected chi connectivity index (χ3v) is 4.21. The zero-order valence-electron chi connectivity index (χ0n) is 16.8. The highest BCUT2D eigenvalue weighted by atomic mass is 16.5. The Morgan fingerprint density at radius 1 is 1.30 bits per heavy atom. The molecule has 0 spiro atoms. The number of hydrogen-bond donors (Lipinski definition) is 2. The van der Waals surface area contributed by atoms with Gasteiger partial charge in [0.25, 0.3) is 0 Å². The van der Waals surface area contributed by atoms with Crippen LogP contribution < -0.4 is 20.1 Å². The number of fused-ring (bicyclic) bond motifs is 1. The van der Waals surface area contributed by atoms with E-state index in [0.717, 1.165) is 17.7 Å². The molecule has 1 aliphatic heterocycles. The minimum absolute atomic E-state index is 0.0663. The largest absolute Gasteiger partial charge is 0.488 e. The van der Waals surface area contributed by atoms with Crippen LogP contribution in [-0.2, 0) is 16.0 Å². The lowest BCUT2D eigenvalue weighted by Gasteiger charge is -2.21. The highest BCUT2D eigenvalue weighted by molar-refractivity contribution is 5.85. The molecule has 1 aromatic rings. The Balaban J connectivity index is 1.84. The molecule has 2 rings (SSSR count). The molecule has 0 aliphatic carbocycles. The van der Waals surface area contributed by atoms with E-state index in [1.54, 1.807) is 6.92 Å². The average molecular weight is 378 g/mol. The van der Waals surface area contributed by atoms with E-state index < -0.39 is 12.1 Å². The number of benzene rings is 1. The minimum atomic E-state index is -0.658. The van der Waals surface area contributed by atoms with Crippen molar-refractivity contribution in [1.29, 1.82) is 0 Å². The van der Waals surface area contributed by atoms with Gasteiger partial charge in [-0.2, -0.15) is 0 Å². The molecule has 0 fully saturated rings. The Labute approximate surface area is 160 Å². The van der Waals surface area contributed by atoms with Crippen LogP contribution in [0.3, 0.4) is 0 Å². The van der Waals surface area contributed by atoms with Gasteiger partial charge in [0.15, 0.2) is 11.5 Å².